The maximum atomic E-state index is 11.4. The van der Waals surface area contributed by atoms with Gasteiger partial charge in [0.2, 0.25) is 0 Å². The lowest BCUT2D eigenvalue weighted by Crippen LogP contribution is -2.22. The summed E-state index contributed by atoms with van der Waals surface area (Å²) in [6, 6.07) is 4.55. The third kappa shape index (κ3) is 3.05. The first-order chi connectivity index (χ1) is 8.91. The van der Waals surface area contributed by atoms with Gasteiger partial charge in [-0.05, 0) is 18.2 Å². The van der Waals surface area contributed by atoms with Crippen LogP contribution in [0.5, 0.6) is 0 Å². The van der Waals surface area contributed by atoms with Gasteiger partial charge in [-0.2, -0.15) is 0 Å². The number of sulfone groups is 1. The van der Waals surface area contributed by atoms with E-state index in [0.29, 0.717) is 16.9 Å². The first-order valence-electron chi connectivity index (χ1n) is 5.70. The van der Waals surface area contributed by atoms with Crippen LogP contribution in [0.15, 0.2) is 29.7 Å². The molecule has 19 heavy (non-hydrogen) atoms. The molecular formula is C12H15N3O3S. The molecule has 4 N–H and O–H groups in total. The molecule has 1 heterocycles. The van der Waals surface area contributed by atoms with Crippen LogP contribution in [0.2, 0.25) is 0 Å². The van der Waals surface area contributed by atoms with E-state index in [2.05, 4.69) is 10.6 Å². The molecular weight excluding hydrogens is 266 g/mol. The molecule has 0 fully saturated rings. The quantitative estimate of drug-likeness (QED) is 0.694. The topological polar surface area (TPSA) is 101 Å². The Balaban J connectivity index is 2.15. The average molecular weight is 281 g/mol. The molecule has 1 aliphatic heterocycles. The molecule has 1 atom stereocenters. The Hall–Kier alpha value is -2.02. The van der Waals surface area contributed by atoms with Crippen LogP contribution in [0.25, 0.3) is 0 Å². The number of hydrogen-bond acceptors (Lipinski definition) is 5. The van der Waals surface area contributed by atoms with Crippen molar-refractivity contribution < 1.29 is 13.2 Å². The highest BCUT2D eigenvalue weighted by Crippen LogP contribution is 2.22. The predicted octanol–water partition coefficient (Wildman–Crippen LogP) is 0.351. The molecule has 0 saturated carbocycles. The van der Waals surface area contributed by atoms with Gasteiger partial charge in [-0.25, -0.2) is 8.42 Å². The Morgan fingerprint density at radius 1 is 1.42 bits per heavy atom. The Labute approximate surface area is 111 Å². The maximum absolute atomic E-state index is 11.4. The van der Waals surface area contributed by atoms with Crippen LogP contribution in [-0.2, 0) is 9.84 Å². The summed E-state index contributed by atoms with van der Waals surface area (Å²) in [5.74, 6) is -0.203. The van der Waals surface area contributed by atoms with E-state index < -0.39 is 9.84 Å². The van der Waals surface area contributed by atoms with Crippen LogP contribution in [0.1, 0.15) is 10.4 Å². The Bertz CT molecular complexity index is 638. The number of nitrogens with two attached hydrogens (primary N) is 1. The number of nitrogen functional groups attached to an aromatic ring is 1. The zero-order valence-corrected chi connectivity index (χ0v) is 11.2. The molecule has 0 aliphatic carbocycles. The highest BCUT2D eigenvalue weighted by atomic mass is 32.2. The molecule has 1 amide bonds. The molecule has 6 nitrogen and oxygen atoms in total. The second-order valence-electron chi connectivity index (χ2n) is 4.29. The summed E-state index contributed by atoms with van der Waals surface area (Å²) in [5.41, 5.74) is 7.31. The van der Waals surface area contributed by atoms with Gasteiger partial charge in [-0.15, -0.1) is 0 Å². The summed E-state index contributed by atoms with van der Waals surface area (Å²) < 4.78 is 22.6. The molecule has 0 saturated heterocycles. The van der Waals surface area contributed by atoms with Gasteiger partial charge < -0.3 is 16.4 Å². The van der Waals surface area contributed by atoms with Gasteiger partial charge in [0.15, 0.2) is 9.84 Å². The highest BCUT2D eigenvalue weighted by molar-refractivity contribution is 7.94. The number of nitrogens with one attached hydrogen (secondary N) is 2. The fourth-order valence-electron chi connectivity index (χ4n) is 1.85. The third-order valence-electron chi connectivity index (χ3n) is 2.81. The van der Waals surface area contributed by atoms with E-state index in [1.165, 1.54) is 5.41 Å². The van der Waals surface area contributed by atoms with E-state index in [4.69, 9.17) is 5.73 Å². The van der Waals surface area contributed by atoms with Crippen molar-refractivity contribution >= 4 is 27.1 Å². The molecule has 1 aliphatic rings. The lowest BCUT2D eigenvalue weighted by Gasteiger charge is -2.14. The number of rotatable bonds is 3. The zero-order chi connectivity index (χ0) is 14.0. The summed E-state index contributed by atoms with van der Waals surface area (Å²) in [4.78, 5) is 11.4. The summed E-state index contributed by atoms with van der Waals surface area (Å²) in [5, 5.41) is 6.73. The number of anilines is 2. The minimum Gasteiger partial charge on any atom is -0.397 e. The van der Waals surface area contributed by atoms with Gasteiger partial charge in [-0.1, -0.05) is 6.08 Å². The number of hydrogen-bond donors (Lipinski definition) is 3. The SMILES string of the molecule is CNC(=O)c1ccc(NC2C=CS(=O)(=O)C2)c(N)c1. The van der Waals surface area contributed by atoms with Gasteiger partial charge in [-0.3, -0.25) is 4.79 Å². The smallest absolute Gasteiger partial charge is 0.251 e. The van der Waals surface area contributed by atoms with Crippen LogP contribution >= 0.6 is 0 Å². The summed E-state index contributed by atoms with van der Waals surface area (Å²) in [6.07, 6.45) is 1.58. The van der Waals surface area contributed by atoms with E-state index in [9.17, 15) is 13.2 Å². The zero-order valence-electron chi connectivity index (χ0n) is 10.4. The highest BCUT2D eigenvalue weighted by Gasteiger charge is 2.22. The standard InChI is InChI=1S/C12H15N3O3S/c1-14-12(16)8-2-3-11(10(13)6-8)15-9-4-5-19(17,18)7-9/h2-6,9,15H,7,13H2,1H3,(H,14,16). The van der Waals surface area contributed by atoms with Gasteiger partial charge >= 0.3 is 0 Å². The van der Waals surface area contributed by atoms with Crippen LogP contribution in [0.4, 0.5) is 11.4 Å². The Kier molecular flexibility index (Phi) is 3.48. The molecule has 0 spiro atoms. The van der Waals surface area contributed by atoms with E-state index in [1.54, 1.807) is 31.3 Å². The summed E-state index contributed by atoms with van der Waals surface area (Å²) >= 11 is 0. The molecule has 2 rings (SSSR count). The van der Waals surface area contributed by atoms with Crippen LogP contribution in [0.3, 0.4) is 0 Å². The van der Waals surface area contributed by atoms with Crippen molar-refractivity contribution in [3.63, 3.8) is 0 Å². The lowest BCUT2D eigenvalue weighted by atomic mass is 10.1. The first-order valence-corrected chi connectivity index (χ1v) is 7.42. The molecule has 1 aromatic carbocycles. The average Bonchev–Trinajstić information content (AvgIpc) is 2.70. The van der Waals surface area contributed by atoms with Crippen LogP contribution in [0, 0.1) is 0 Å². The number of benzene rings is 1. The van der Waals surface area contributed by atoms with Gasteiger partial charge in [0, 0.05) is 18.0 Å². The van der Waals surface area contributed by atoms with Crippen molar-refractivity contribution in [2.45, 2.75) is 6.04 Å². The van der Waals surface area contributed by atoms with E-state index in [-0.39, 0.29) is 17.7 Å². The second-order valence-corrected chi connectivity index (χ2v) is 6.22. The van der Waals surface area contributed by atoms with Gasteiger partial charge in [0.1, 0.15) is 0 Å². The predicted molar refractivity (Wildman–Crippen MR) is 74.6 cm³/mol. The van der Waals surface area contributed by atoms with Crippen molar-refractivity contribution in [2.75, 3.05) is 23.9 Å². The van der Waals surface area contributed by atoms with Crippen molar-refractivity contribution in [1.82, 2.24) is 5.32 Å². The Morgan fingerprint density at radius 3 is 2.68 bits per heavy atom. The second kappa shape index (κ2) is 4.93. The van der Waals surface area contributed by atoms with Crippen molar-refractivity contribution in [2.24, 2.45) is 0 Å². The molecule has 1 unspecified atom stereocenters. The van der Waals surface area contributed by atoms with Crippen LogP contribution in [-0.4, -0.2) is 33.2 Å². The minimum absolute atomic E-state index is 0.0175. The molecule has 1 aromatic rings. The maximum Gasteiger partial charge on any atom is 0.251 e. The first kappa shape index (κ1) is 13.4. The van der Waals surface area contributed by atoms with E-state index in [0.717, 1.165) is 0 Å². The van der Waals surface area contributed by atoms with Gasteiger partial charge in [0.25, 0.3) is 5.91 Å². The van der Waals surface area contributed by atoms with Crippen molar-refractivity contribution in [1.29, 1.82) is 0 Å². The van der Waals surface area contributed by atoms with E-state index in [1.807, 2.05) is 0 Å². The Morgan fingerprint density at radius 2 is 2.16 bits per heavy atom. The number of carbonyl (C=O) groups is 1. The van der Waals surface area contributed by atoms with Crippen molar-refractivity contribution in [3.8, 4) is 0 Å². The minimum atomic E-state index is -3.10. The number of amides is 1. The molecule has 0 aromatic heterocycles. The normalized spacial score (nSPS) is 20.2. The summed E-state index contributed by atoms with van der Waals surface area (Å²) in [7, 11) is -1.56. The molecule has 0 bridgehead atoms. The van der Waals surface area contributed by atoms with E-state index >= 15 is 0 Å². The fourth-order valence-corrected chi connectivity index (χ4v) is 3.08. The number of carbonyl (C=O) groups excluding carboxylic acids is 1. The summed E-state index contributed by atoms with van der Waals surface area (Å²) in [6.45, 7) is 0. The lowest BCUT2D eigenvalue weighted by molar-refractivity contribution is 0.0963. The largest absolute Gasteiger partial charge is 0.397 e. The van der Waals surface area contributed by atoms with Crippen LogP contribution < -0.4 is 16.4 Å². The monoisotopic (exact) mass is 281 g/mol. The fraction of sp³-hybridized carbons (Fsp3) is 0.250. The third-order valence-corrected chi connectivity index (χ3v) is 4.21. The van der Waals surface area contributed by atoms with Gasteiger partial charge in [0.05, 0.1) is 23.2 Å². The molecule has 0 radical (unpaired) electrons. The molecule has 102 valence electrons. The molecule has 7 heteroatoms. The van der Waals surface area contributed by atoms with Crippen molar-refractivity contribution in [3.05, 3.63) is 35.2 Å².